The summed E-state index contributed by atoms with van der Waals surface area (Å²) in [7, 11) is 0. The van der Waals surface area contributed by atoms with Crippen LogP contribution in [0.4, 0.5) is 0 Å². The fourth-order valence-electron chi connectivity index (χ4n) is 2.31. The maximum absolute atomic E-state index is 8.95. The van der Waals surface area contributed by atoms with Crippen LogP contribution < -0.4 is 10.1 Å². The number of ether oxygens (including phenoxy) is 1. The highest BCUT2D eigenvalue weighted by Crippen LogP contribution is 2.32. The van der Waals surface area contributed by atoms with E-state index >= 15 is 0 Å². The number of nitrogens with one attached hydrogen (secondary N) is 1. The van der Waals surface area contributed by atoms with Crippen molar-refractivity contribution in [2.45, 2.75) is 31.7 Å². The second-order valence-electron chi connectivity index (χ2n) is 4.57. The van der Waals surface area contributed by atoms with Gasteiger partial charge in [0, 0.05) is 30.7 Å². The van der Waals surface area contributed by atoms with Crippen molar-refractivity contribution in [2.75, 3.05) is 19.8 Å². The van der Waals surface area contributed by atoms with Gasteiger partial charge in [-0.05, 0) is 18.9 Å². The molecule has 3 nitrogen and oxygen atoms in total. The molecule has 94 valence electrons. The van der Waals surface area contributed by atoms with Crippen LogP contribution >= 0.6 is 0 Å². The van der Waals surface area contributed by atoms with E-state index in [1.165, 1.54) is 5.56 Å². The third kappa shape index (κ3) is 2.99. The zero-order valence-corrected chi connectivity index (χ0v) is 10.4. The summed E-state index contributed by atoms with van der Waals surface area (Å²) in [5.74, 6) is 1.47. The van der Waals surface area contributed by atoms with E-state index in [4.69, 9.17) is 9.84 Å². The Bertz CT molecular complexity index is 354. The Morgan fingerprint density at radius 1 is 1.47 bits per heavy atom. The third-order valence-corrected chi connectivity index (χ3v) is 3.42. The summed E-state index contributed by atoms with van der Waals surface area (Å²) in [5.41, 5.74) is 1.30. The van der Waals surface area contributed by atoms with Crippen LogP contribution in [0.3, 0.4) is 0 Å². The largest absolute Gasteiger partial charge is 0.493 e. The molecule has 0 bridgehead atoms. The number of hydrogen-bond donors (Lipinski definition) is 2. The highest BCUT2D eigenvalue weighted by atomic mass is 16.5. The lowest BCUT2D eigenvalue weighted by molar-refractivity contribution is 0.258. The molecule has 2 N–H and O–H groups in total. The first kappa shape index (κ1) is 12.4. The Hall–Kier alpha value is -1.06. The summed E-state index contributed by atoms with van der Waals surface area (Å²) in [5, 5.41) is 12.5. The Labute approximate surface area is 103 Å². The summed E-state index contributed by atoms with van der Waals surface area (Å²) in [6, 6.07) is 8.65. The SMILES string of the molecule is CCC(CCO)NCC1COc2ccccc21. The minimum atomic E-state index is 0.253. The quantitative estimate of drug-likeness (QED) is 0.791. The van der Waals surface area contributed by atoms with Crippen LogP contribution in [0.5, 0.6) is 5.75 Å². The van der Waals surface area contributed by atoms with Gasteiger partial charge < -0.3 is 15.2 Å². The van der Waals surface area contributed by atoms with Crippen LogP contribution in [-0.4, -0.2) is 30.9 Å². The molecule has 0 radical (unpaired) electrons. The average Bonchev–Trinajstić information content (AvgIpc) is 2.78. The summed E-state index contributed by atoms with van der Waals surface area (Å²) in [4.78, 5) is 0. The molecule has 2 rings (SSSR count). The molecule has 1 heterocycles. The van der Waals surface area contributed by atoms with Crippen molar-refractivity contribution in [1.82, 2.24) is 5.32 Å². The van der Waals surface area contributed by atoms with Crippen molar-refractivity contribution in [3.63, 3.8) is 0 Å². The monoisotopic (exact) mass is 235 g/mol. The number of fused-ring (bicyclic) bond motifs is 1. The maximum Gasteiger partial charge on any atom is 0.122 e. The first-order valence-electron chi connectivity index (χ1n) is 6.41. The molecule has 0 fully saturated rings. The molecule has 0 saturated carbocycles. The molecule has 0 saturated heterocycles. The smallest absolute Gasteiger partial charge is 0.122 e. The van der Waals surface area contributed by atoms with Crippen molar-refractivity contribution < 1.29 is 9.84 Å². The lowest BCUT2D eigenvalue weighted by atomic mass is 10.0. The molecule has 1 aromatic carbocycles. The van der Waals surface area contributed by atoms with E-state index in [2.05, 4.69) is 24.4 Å². The second kappa shape index (κ2) is 6.03. The van der Waals surface area contributed by atoms with Gasteiger partial charge in [-0.15, -0.1) is 0 Å². The summed E-state index contributed by atoms with van der Waals surface area (Å²) < 4.78 is 5.65. The zero-order valence-electron chi connectivity index (χ0n) is 10.4. The van der Waals surface area contributed by atoms with E-state index in [0.29, 0.717) is 12.0 Å². The number of rotatable bonds is 6. The molecule has 0 spiro atoms. The first-order valence-corrected chi connectivity index (χ1v) is 6.41. The predicted octanol–water partition coefficient (Wildman–Crippen LogP) is 1.91. The Morgan fingerprint density at radius 2 is 2.29 bits per heavy atom. The molecule has 2 unspecified atom stereocenters. The van der Waals surface area contributed by atoms with E-state index in [1.807, 2.05) is 12.1 Å². The van der Waals surface area contributed by atoms with Gasteiger partial charge in [-0.25, -0.2) is 0 Å². The maximum atomic E-state index is 8.95. The molecule has 0 aromatic heterocycles. The Kier molecular flexibility index (Phi) is 4.40. The van der Waals surface area contributed by atoms with Crippen molar-refractivity contribution in [3.8, 4) is 5.75 Å². The van der Waals surface area contributed by atoms with Crippen LogP contribution in [0.2, 0.25) is 0 Å². The van der Waals surface area contributed by atoms with Crippen LogP contribution in [0.15, 0.2) is 24.3 Å². The minimum Gasteiger partial charge on any atom is -0.493 e. The van der Waals surface area contributed by atoms with E-state index < -0.39 is 0 Å². The van der Waals surface area contributed by atoms with Crippen molar-refractivity contribution in [1.29, 1.82) is 0 Å². The number of aliphatic hydroxyl groups is 1. The second-order valence-corrected chi connectivity index (χ2v) is 4.57. The van der Waals surface area contributed by atoms with Gasteiger partial charge in [-0.3, -0.25) is 0 Å². The van der Waals surface area contributed by atoms with Gasteiger partial charge in [-0.2, -0.15) is 0 Å². The molecule has 1 aliphatic rings. The highest BCUT2D eigenvalue weighted by molar-refractivity contribution is 5.39. The molecule has 0 amide bonds. The summed E-state index contributed by atoms with van der Waals surface area (Å²) in [6.45, 7) is 4.09. The molecule has 17 heavy (non-hydrogen) atoms. The van der Waals surface area contributed by atoms with Gasteiger partial charge in [0.25, 0.3) is 0 Å². The van der Waals surface area contributed by atoms with Gasteiger partial charge in [0.15, 0.2) is 0 Å². The van der Waals surface area contributed by atoms with E-state index in [0.717, 1.165) is 31.7 Å². The van der Waals surface area contributed by atoms with Crippen LogP contribution in [0, 0.1) is 0 Å². The highest BCUT2D eigenvalue weighted by Gasteiger charge is 2.23. The molecule has 2 atom stereocenters. The zero-order chi connectivity index (χ0) is 12.1. The first-order chi connectivity index (χ1) is 8.35. The Morgan fingerprint density at radius 3 is 3.06 bits per heavy atom. The van der Waals surface area contributed by atoms with E-state index in [9.17, 15) is 0 Å². The average molecular weight is 235 g/mol. The fourth-order valence-corrected chi connectivity index (χ4v) is 2.31. The van der Waals surface area contributed by atoms with Crippen LogP contribution in [0.25, 0.3) is 0 Å². The fraction of sp³-hybridized carbons (Fsp3) is 0.571. The summed E-state index contributed by atoms with van der Waals surface area (Å²) >= 11 is 0. The standard InChI is InChI=1S/C14H21NO2/c1-2-12(7-8-16)15-9-11-10-17-14-6-4-3-5-13(11)14/h3-6,11-12,15-16H,2,7-10H2,1H3. The molecular weight excluding hydrogens is 214 g/mol. The van der Waals surface area contributed by atoms with Crippen LogP contribution in [-0.2, 0) is 0 Å². The van der Waals surface area contributed by atoms with Crippen molar-refractivity contribution in [2.24, 2.45) is 0 Å². The lowest BCUT2D eigenvalue weighted by Gasteiger charge is -2.18. The molecular formula is C14H21NO2. The molecule has 3 heteroatoms. The summed E-state index contributed by atoms with van der Waals surface area (Å²) in [6.07, 6.45) is 1.88. The predicted molar refractivity (Wildman–Crippen MR) is 68.5 cm³/mol. The third-order valence-electron chi connectivity index (χ3n) is 3.42. The van der Waals surface area contributed by atoms with Gasteiger partial charge in [0.1, 0.15) is 5.75 Å². The number of hydrogen-bond acceptors (Lipinski definition) is 3. The Balaban J connectivity index is 1.89. The molecule has 1 aliphatic heterocycles. The van der Waals surface area contributed by atoms with Gasteiger partial charge in [0.2, 0.25) is 0 Å². The topological polar surface area (TPSA) is 41.5 Å². The van der Waals surface area contributed by atoms with Crippen molar-refractivity contribution in [3.05, 3.63) is 29.8 Å². The molecule has 0 aliphatic carbocycles. The van der Waals surface area contributed by atoms with Gasteiger partial charge >= 0.3 is 0 Å². The number of aliphatic hydroxyl groups excluding tert-OH is 1. The minimum absolute atomic E-state index is 0.253. The van der Waals surface area contributed by atoms with E-state index in [1.54, 1.807) is 0 Å². The van der Waals surface area contributed by atoms with E-state index in [-0.39, 0.29) is 6.61 Å². The molecule has 1 aromatic rings. The normalized spacial score (nSPS) is 19.8. The van der Waals surface area contributed by atoms with Gasteiger partial charge in [0.05, 0.1) is 6.61 Å². The lowest BCUT2D eigenvalue weighted by Crippen LogP contribution is -2.33. The number of benzene rings is 1. The number of para-hydroxylation sites is 1. The van der Waals surface area contributed by atoms with Crippen molar-refractivity contribution >= 4 is 0 Å². The van der Waals surface area contributed by atoms with Crippen LogP contribution in [0.1, 0.15) is 31.2 Å². The van der Waals surface area contributed by atoms with Gasteiger partial charge in [-0.1, -0.05) is 25.1 Å².